The summed E-state index contributed by atoms with van der Waals surface area (Å²) in [6, 6.07) is 11.7. The van der Waals surface area contributed by atoms with E-state index in [0.29, 0.717) is 22.3 Å². The third kappa shape index (κ3) is 4.75. The van der Waals surface area contributed by atoms with Crippen LogP contribution in [0.5, 0.6) is 17.2 Å². The van der Waals surface area contributed by atoms with E-state index in [0.717, 1.165) is 0 Å². The predicted molar refractivity (Wildman–Crippen MR) is 99.2 cm³/mol. The van der Waals surface area contributed by atoms with Crippen molar-refractivity contribution in [2.24, 2.45) is 0 Å². The molecule has 2 aromatic rings. The second kappa shape index (κ2) is 8.37. The highest BCUT2D eigenvalue weighted by Gasteiger charge is 2.28. The number of halogens is 2. The minimum absolute atomic E-state index is 0.0329. The van der Waals surface area contributed by atoms with Crippen LogP contribution in [-0.2, 0) is 9.59 Å². The Morgan fingerprint density at radius 2 is 1.89 bits per heavy atom. The molecule has 0 aromatic heterocycles. The van der Waals surface area contributed by atoms with Gasteiger partial charge in [0, 0.05) is 5.02 Å². The molecule has 2 unspecified atom stereocenters. The van der Waals surface area contributed by atoms with E-state index in [-0.39, 0.29) is 11.6 Å². The summed E-state index contributed by atoms with van der Waals surface area (Å²) in [5.41, 5.74) is 4.58. The quantitative estimate of drug-likeness (QED) is 0.756. The minimum Gasteiger partial charge on any atom is -0.485 e. The van der Waals surface area contributed by atoms with Crippen LogP contribution >= 0.6 is 23.2 Å². The van der Waals surface area contributed by atoms with Crippen LogP contribution in [0.4, 0.5) is 0 Å². The number of hydrogen-bond acceptors (Lipinski definition) is 5. The molecule has 2 N–H and O–H groups in total. The van der Waals surface area contributed by atoms with Gasteiger partial charge in [-0.25, -0.2) is 0 Å². The second-order valence-corrected chi connectivity index (χ2v) is 6.52. The first-order valence-electron chi connectivity index (χ1n) is 8.04. The van der Waals surface area contributed by atoms with Crippen LogP contribution in [0, 0.1) is 0 Å². The number of rotatable bonds is 4. The number of para-hydroxylation sites is 2. The highest BCUT2D eigenvalue weighted by Crippen LogP contribution is 2.31. The van der Waals surface area contributed by atoms with Gasteiger partial charge in [0.15, 0.2) is 17.6 Å². The van der Waals surface area contributed by atoms with Gasteiger partial charge < -0.3 is 14.2 Å². The highest BCUT2D eigenvalue weighted by molar-refractivity contribution is 6.35. The number of carbonyl (C=O) groups is 2. The Labute approximate surface area is 165 Å². The Kier molecular flexibility index (Phi) is 5.93. The summed E-state index contributed by atoms with van der Waals surface area (Å²) < 4.78 is 16.5. The smallest absolute Gasteiger partial charge is 0.283 e. The maximum atomic E-state index is 12.2. The van der Waals surface area contributed by atoms with Crippen LogP contribution in [0.25, 0.3) is 0 Å². The number of carbonyl (C=O) groups excluding carboxylic acids is 2. The summed E-state index contributed by atoms with van der Waals surface area (Å²) in [4.78, 5) is 24.3. The number of benzene rings is 2. The number of amides is 2. The average Bonchev–Trinajstić information content (AvgIpc) is 2.67. The first kappa shape index (κ1) is 19.1. The molecule has 0 bridgehead atoms. The summed E-state index contributed by atoms with van der Waals surface area (Å²) in [6.45, 7) is 1.55. The molecule has 3 rings (SSSR count). The van der Waals surface area contributed by atoms with Gasteiger partial charge in [-0.3, -0.25) is 20.4 Å². The molecule has 1 aliphatic heterocycles. The number of nitrogens with one attached hydrogen (secondary N) is 2. The van der Waals surface area contributed by atoms with E-state index in [2.05, 4.69) is 10.9 Å². The van der Waals surface area contributed by atoms with E-state index >= 15 is 0 Å². The van der Waals surface area contributed by atoms with E-state index in [1.54, 1.807) is 36.4 Å². The van der Waals surface area contributed by atoms with Crippen molar-refractivity contribution in [3.8, 4) is 17.2 Å². The summed E-state index contributed by atoms with van der Waals surface area (Å²) >= 11 is 11.8. The van der Waals surface area contributed by atoms with Crippen LogP contribution in [0.3, 0.4) is 0 Å². The van der Waals surface area contributed by atoms with Gasteiger partial charge in [0.25, 0.3) is 11.8 Å². The fourth-order valence-corrected chi connectivity index (χ4v) is 2.72. The summed E-state index contributed by atoms with van der Waals surface area (Å²) in [7, 11) is 0. The molecule has 1 heterocycles. The van der Waals surface area contributed by atoms with Gasteiger partial charge >= 0.3 is 0 Å². The zero-order valence-electron chi connectivity index (χ0n) is 14.2. The molecule has 1 aliphatic rings. The zero-order chi connectivity index (χ0) is 19.4. The average molecular weight is 411 g/mol. The summed E-state index contributed by atoms with van der Waals surface area (Å²) in [5, 5.41) is 0.727. The van der Waals surface area contributed by atoms with Crippen LogP contribution < -0.4 is 25.1 Å². The van der Waals surface area contributed by atoms with E-state index in [1.807, 2.05) is 0 Å². The lowest BCUT2D eigenvalue weighted by Gasteiger charge is -2.25. The molecule has 0 radical (unpaired) electrons. The van der Waals surface area contributed by atoms with Gasteiger partial charge in [-0.05, 0) is 37.3 Å². The maximum Gasteiger partial charge on any atom is 0.283 e. The van der Waals surface area contributed by atoms with E-state index in [9.17, 15) is 9.59 Å². The molecule has 0 saturated carbocycles. The van der Waals surface area contributed by atoms with Crippen molar-refractivity contribution in [3.63, 3.8) is 0 Å². The lowest BCUT2D eigenvalue weighted by Crippen LogP contribution is -2.53. The van der Waals surface area contributed by atoms with Gasteiger partial charge in [-0.2, -0.15) is 0 Å². The standard InChI is InChI=1S/C18H16Cl2N2O5/c1-10(26-13-7-6-11(19)8-12(13)20)17(23)21-22-18(24)16-9-25-14-4-2-3-5-15(14)27-16/h2-8,10,16H,9H2,1H3,(H,21,23)(H,22,24). The van der Waals surface area contributed by atoms with Crippen molar-refractivity contribution >= 4 is 35.0 Å². The predicted octanol–water partition coefficient (Wildman–Crippen LogP) is 2.75. The largest absolute Gasteiger partial charge is 0.485 e. The molecule has 2 aromatic carbocycles. The second-order valence-electron chi connectivity index (χ2n) is 5.68. The fraction of sp³-hybridized carbons (Fsp3) is 0.222. The molecule has 0 spiro atoms. The van der Waals surface area contributed by atoms with Gasteiger partial charge in [0.1, 0.15) is 12.4 Å². The molecular weight excluding hydrogens is 395 g/mol. The lowest BCUT2D eigenvalue weighted by molar-refractivity contribution is -0.137. The summed E-state index contributed by atoms with van der Waals surface area (Å²) in [5.74, 6) is 0.216. The number of hydrazine groups is 1. The van der Waals surface area contributed by atoms with E-state index < -0.39 is 24.0 Å². The Morgan fingerprint density at radius 3 is 2.63 bits per heavy atom. The highest BCUT2D eigenvalue weighted by atomic mass is 35.5. The third-order valence-corrected chi connectivity index (χ3v) is 4.21. The Morgan fingerprint density at radius 1 is 1.15 bits per heavy atom. The molecule has 0 saturated heterocycles. The van der Waals surface area contributed by atoms with Gasteiger partial charge in [-0.15, -0.1) is 0 Å². The Hall–Kier alpha value is -2.64. The number of hydrogen-bond donors (Lipinski definition) is 2. The van der Waals surface area contributed by atoms with Gasteiger partial charge in [0.2, 0.25) is 6.10 Å². The van der Waals surface area contributed by atoms with Crippen LogP contribution in [0.2, 0.25) is 10.0 Å². The number of fused-ring (bicyclic) bond motifs is 1. The zero-order valence-corrected chi connectivity index (χ0v) is 15.7. The van der Waals surface area contributed by atoms with Crippen molar-refractivity contribution in [1.82, 2.24) is 10.9 Å². The molecule has 27 heavy (non-hydrogen) atoms. The molecule has 0 aliphatic carbocycles. The Balaban J connectivity index is 1.50. The van der Waals surface area contributed by atoms with Crippen molar-refractivity contribution in [3.05, 3.63) is 52.5 Å². The van der Waals surface area contributed by atoms with E-state index in [4.69, 9.17) is 37.4 Å². The maximum absolute atomic E-state index is 12.2. The topological polar surface area (TPSA) is 85.9 Å². The van der Waals surface area contributed by atoms with Crippen LogP contribution in [0.15, 0.2) is 42.5 Å². The fourth-order valence-electron chi connectivity index (χ4n) is 2.27. The first-order chi connectivity index (χ1) is 12.9. The van der Waals surface area contributed by atoms with Crippen molar-refractivity contribution < 1.29 is 23.8 Å². The summed E-state index contributed by atoms with van der Waals surface area (Å²) in [6.07, 6.45) is -1.80. The van der Waals surface area contributed by atoms with Gasteiger partial charge in [-0.1, -0.05) is 35.3 Å². The number of ether oxygens (including phenoxy) is 3. The molecule has 9 heteroatoms. The van der Waals surface area contributed by atoms with Crippen molar-refractivity contribution in [2.75, 3.05) is 6.61 Å². The molecule has 7 nitrogen and oxygen atoms in total. The molecule has 142 valence electrons. The molecular formula is C18H16Cl2N2O5. The van der Waals surface area contributed by atoms with Crippen LogP contribution in [0.1, 0.15) is 6.92 Å². The molecule has 2 amide bonds. The van der Waals surface area contributed by atoms with Crippen LogP contribution in [-0.4, -0.2) is 30.6 Å². The third-order valence-electron chi connectivity index (χ3n) is 3.68. The molecule has 0 fully saturated rings. The normalized spacial score (nSPS) is 16.2. The first-order valence-corrected chi connectivity index (χ1v) is 8.79. The van der Waals surface area contributed by atoms with Crippen molar-refractivity contribution in [1.29, 1.82) is 0 Å². The Bertz CT molecular complexity index is 861. The van der Waals surface area contributed by atoms with Gasteiger partial charge in [0.05, 0.1) is 5.02 Å². The minimum atomic E-state index is -0.909. The lowest BCUT2D eigenvalue weighted by atomic mass is 10.2. The van der Waals surface area contributed by atoms with Crippen molar-refractivity contribution in [2.45, 2.75) is 19.1 Å². The SMILES string of the molecule is CC(Oc1ccc(Cl)cc1Cl)C(=O)NNC(=O)C1COc2ccccc2O1. The monoisotopic (exact) mass is 410 g/mol. The molecule has 2 atom stereocenters. The van der Waals surface area contributed by atoms with E-state index in [1.165, 1.54) is 13.0 Å².